The number of thiocarbonyl (C=S) groups is 1. The Bertz CT molecular complexity index is 605. The van der Waals surface area contributed by atoms with Crippen molar-refractivity contribution >= 4 is 40.6 Å². The molecule has 0 aliphatic heterocycles. The molecule has 0 heterocycles. The summed E-state index contributed by atoms with van der Waals surface area (Å²) in [6.45, 7) is 1.99. The van der Waals surface area contributed by atoms with Crippen molar-refractivity contribution in [3.05, 3.63) is 24.3 Å². The van der Waals surface area contributed by atoms with Crippen LogP contribution in [0.5, 0.6) is 0 Å². The van der Waals surface area contributed by atoms with Crippen LogP contribution in [0.3, 0.4) is 0 Å². The summed E-state index contributed by atoms with van der Waals surface area (Å²) >= 11 is 5.19. The van der Waals surface area contributed by atoms with Crippen LogP contribution in [0.25, 0.3) is 0 Å². The number of anilines is 2. The highest BCUT2D eigenvalue weighted by molar-refractivity contribution is 7.80. The molecule has 1 aromatic rings. The number of amides is 1. The first-order valence-corrected chi connectivity index (χ1v) is 8.97. The van der Waals surface area contributed by atoms with E-state index in [2.05, 4.69) is 16.0 Å². The van der Waals surface area contributed by atoms with Gasteiger partial charge in [0.15, 0.2) is 5.11 Å². The molecule has 144 valence electrons. The molecule has 0 spiro atoms. The van der Waals surface area contributed by atoms with Crippen LogP contribution in [0.2, 0.25) is 0 Å². The average Bonchev–Trinajstić information content (AvgIpc) is 2.63. The van der Waals surface area contributed by atoms with Gasteiger partial charge in [-0.15, -0.1) is 0 Å². The summed E-state index contributed by atoms with van der Waals surface area (Å²) in [7, 11) is 5.25. The minimum Gasteiger partial charge on any atom is -0.467 e. The second kappa shape index (κ2) is 11.3. The summed E-state index contributed by atoms with van der Waals surface area (Å²) in [5.41, 5.74) is 1.90. The maximum atomic E-state index is 12.0. The molecule has 8 heteroatoms. The topological polar surface area (TPSA) is 82.7 Å². The molecule has 3 N–H and O–H groups in total. The number of methoxy groups -OCH3 is 1. The third-order valence-electron chi connectivity index (χ3n) is 3.72. The van der Waals surface area contributed by atoms with Gasteiger partial charge in [0, 0.05) is 25.5 Å². The fourth-order valence-corrected chi connectivity index (χ4v) is 2.41. The molecule has 1 rings (SSSR count). The van der Waals surface area contributed by atoms with E-state index >= 15 is 0 Å². The smallest absolute Gasteiger partial charge is 0.328 e. The lowest BCUT2D eigenvalue weighted by atomic mass is 10.1. The van der Waals surface area contributed by atoms with Crippen molar-refractivity contribution in [1.82, 2.24) is 10.6 Å². The van der Waals surface area contributed by atoms with E-state index in [4.69, 9.17) is 17.0 Å². The number of hydrogen-bond acceptors (Lipinski definition) is 5. The standard InChI is InChI=1S/C18H28N4O3S/c1-5-6-7-15(17(24)25-4)21-16(23)12-19-18(26)20-13-8-10-14(11-9-13)22(2)3/h8-11,15H,5-7,12H2,1-4H3,(H,21,23)(H2,19,20,26). The Morgan fingerprint density at radius 3 is 2.42 bits per heavy atom. The summed E-state index contributed by atoms with van der Waals surface area (Å²) in [6, 6.07) is 7.11. The quantitative estimate of drug-likeness (QED) is 0.446. The van der Waals surface area contributed by atoms with Crippen molar-refractivity contribution in [2.45, 2.75) is 32.2 Å². The van der Waals surface area contributed by atoms with Gasteiger partial charge < -0.3 is 25.6 Å². The summed E-state index contributed by atoms with van der Waals surface area (Å²) in [5, 5.41) is 8.85. The number of hydrogen-bond donors (Lipinski definition) is 3. The van der Waals surface area contributed by atoms with Crippen LogP contribution in [-0.2, 0) is 14.3 Å². The summed E-state index contributed by atoms with van der Waals surface area (Å²) < 4.78 is 4.73. The van der Waals surface area contributed by atoms with Crippen molar-refractivity contribution in [1.29, 1.82) is 0 Å². The van der Waals surface area contributed by atoms with E-state index < -0.39 is 12.0 Å². The van der Waals surface area contributed by atoms with Crippen LogP contribution in [0.1, 0.15) is 26.2 Å². The lowest BCUT2D eigenvalue weighted by Crippen LogP contribution is -2.46. The van der Waals surface area contributed by atoms with E-state index in [0.29, 0.717) is 11.5 Å². The molecule has 0 radical (unpaired) electrons. The number of unbranched alkanes of at least 4 members (excludes halogenated alkanes) is 1. The number of carbonyl (C=O) groups excluding carboxylic acids is 2. The highest BCUT2D eigenvalue weighted by Gasteiger charge is 2.20. The van der Waals surface area contributed by atoms with E-state index in [1.807, 2.05) is 50.2 Å². The predicted octanol–water partition coefficient (Wildman–Crippen LogP) is 1.89. The Balaban J connectivity index is 2.44. The fraction of sp³-hybridized carbons (Fsp3) is 0.500. The molecule has 0 aliphatic carbocycles. The third kappa shape index (κ3) is 7.69. The molecule has 1 aromatic carbocycles. The molecule has 7 nitrogen and oxygen atoms in total. The average molecular weight is 381 g/mol. The molecule has 0 aliphatic rings. The van der Waals surface area contributed by atoms with Crippen molar-refractivity contribution in [2.24, 2.45) is 0 Å². The first kappa shape index (κ1) is 21.7. The van der Waals surface area contributed by atoms with Crippen LogP contribution in [0.4, 0.5) is 11.4 Å². The van der Waals surface area contributed by atoms with Crippen LogP contribution < -0.4 is 20.9 Å². The molecular weight excluding hydrogens is 352 g/mol. The van der Waals surface area contributed by atoms with Crippen molar-refractivity contribution < 1.29 is 14.3 Å². The first-order chi connectivity index (χ1) is 12.4. The van der Waals surface area contributed by atoms with Crippen LogP contribution in [-0.4, -0.2) is 50.8 Å². The van der Waals surface area contributed by atoms with Gasteiger partial charge in [0.05, 0.1) is 13.7 Å². The van der Waals surface area contributed by atoms with Crippen LogP contribution in [0, 0.1) is 0 Å². The summed E-state index contributed by atoms with van der Waals surface area (Å²) in [5.74, 6) is -0.753. The van der Waals surface area contributed by atoms with E-state index in [1.165, 1.54) is 7.11 Å². The molecule has 1 amide bonds. The molecule has 0 aromatic heterocycles. The highest BCUT2D eigenvalue weighted by atomic mass is 32.1. The van der Waals surface area contributed by atoms with Crippen molar-refractivity contribution in [2.75, 3.05) is 38.0 Å². The monoisotopic (exact) mass is 380 g/mol. The minimum atomic E-state index is -0.630. The summed E-state index contributed by atoms with van der Waals surface area (Å²) in [6.07, 6.45) is 2.31. The van der Waals surface area contributed by atoms with Gasteiger partial charge >= 0.3 is 5.97 Å². The van der Waals surface area contributed by atoms with E-state index in [9.17, 15) is 9.59 Å². The lowest BCUT2D eigenvalue weighted by Gasteiger charge is -2.17. The van der Waals surface area contributed by atoms with Crippen LogP contribution >= 0.6 is 12.2 Å². The minimum absolute atomic E-state index is 0.0266. The molecule has 0 saturated heterocycles. The number of nitrogens with zero attached hydrogens (tertiary/aromatic N) is 1. The van der Waals surface area contributed by atoms with Crippen LogP contribution in [0.15, 0.2) is 24.3 Å². The molecule has 26 heavy (non-hydrogen) atoms. The normalized spacial score (nSPS) is 11.2. The zero-order valence-corrected chi connectivity index (χ0v) is 16.6. The molecule has 0 saturated carbocycles. The molecule has 0 fully saturated rings. The predicted molar refractivity (Wildman–Crippen MR) is 108 cm³/mol. The Hall–Kier alpha value is -2.35. The number of nitrogens with one attached hydrogen (secondary N) is 3. The van der Waals surface area contributed by atoms with Gasteiger partial charge in [-0.25, -0.2) is 4.79 Å². The van der Waals surface area contributed by atoms with Gasteiger partial charge in [-0.2, -0.15) is 0 Å². The first-order valence-electron chi connectivity index (χ1n) is 8.56. The van der Waals surface area contributed by atoms with E-state index in [1.54, 1.807) is 0 Å². The van der Waals surface area contributed by atoms with Crippen molar-refractivity contribution in [3.8, 4) is 0 Å². The number of ether oxygens (including phenoxy) is 1. The second-order valence-electron chi connectivity index (χ2n) is 6.03. The Morgan fingerprint density at radius 1 is 1.23 bits per heavy atom. The Labute approximate surface area is 160 Å². The molecule has 1 unspecified atom stereocenters. The van der Waals surface area contributed by atoms with Gasteiger partial charge in [0.2, 0.25) is 5.91 Å². The van der Waals surface area contributed by atoms with Crippen molar-refractivity contribution in [3.63, 3.8) is 0 Å². The van der Waals surface area contributed by atoms with Gasteiger partial charge in [-0.1, -0.05) is 19.8 Å². The molecular formula is C18H28N4O3S. The second-order valence-corrected chi connectivity index (χ2v) is 6.44. The zero-order chi connectivity index (χ0) is 19.5. The zero-order valence-electron chi connectivity index (χ0n) is 15.8. The number of benzene rings is 1. The van der Waals surface area contributed by atoms with Gasteiger partial charge in [0.25, 0.3) is 0 Å². The SMILES string of the molecule is CCCCC(NC(=O)CNC(=S)Nc1ccc(N(C)C)cc1)C(=O)OC. The number of rotatable bonds is 9. The largest absolute Gasteiger partial charge is 0.467 e. The molecule has 0 bridgehead atoms. The Morgan fingerprint density at radius 2 is 1.88 bits per heavy atom. The maximum absolute atomic E-state index is 12.0. The lowest BCUT2D eigenvalue weighted by molar-refractivity contribution is -0.145. The number of esters is 1. The van der Waals surface area contributed by atoms with Gasteiger partial charge in [-0.05, 0) is 42.9 Å². The van der Waals surface area contributed by atoms with Gasteiger partial charge in [-0.3, -0.25) is 4.79 Å². The molecule has 1 atom stereocenters. The third-order valence-corrected chi connectivity index (χ3v) is 3.96. The Kier molecular flexibility index (Phi) is 9.43. The highest BCUT2D eigenvalue weighted by Crippen LogP contribution is 2.15. The van der Waals surface area contributed by atoms with E-state index in [0.717, 1.165) is 24.2 Å². The maximum Gasteiger partial charge on any atom is 0.328 e. The van der Waals surface area contributed by atoms with E-state index in [-0.39, 0.29) is 12.5 Å². The fourth-order valence-electron chi connectivity index (χ4n) is 2.22. The number of carbonyl (C=O) groups is 2. The summed E-state index contributed by atoms with van der Waals surface area (Å²) in [4.78, 5) is 25.7. The van der Waals surface area contributed by atoms with Gasteiger partial charge in [0.1, 0.15) is 6.04 Å².